The van der Waals surface area contributed by atoms with Crippen molar-refractivity contribution >= 4 is 25.9 Å². The number of methoxy groups -OCH3 is 2. The number of amides is 2. The van der Waals surface area contributed by atoms with E-state index in [0.29, 0.717) is 41.2 Å². The first-order chi connectivity index (χ1) is 28.3. The summed E-state index contributed by atoms with van der Waals surface area (Å²) >= 11 is 0. The second kappa shape index (κ2) is 15.4. The Bertz CT molecular complexity index is 2570. The summed E-state index contributed by atoms with van der Waals surface area (Å²) in [6, 6.07) is 26.4. The highest BCUT2D eigenvalue weighted by molar-refractivity contribution is 6.72. The van der Waals surface area contributed by atoms with Gasteiger partial charge in [-0.15, -0.1) is 0 Å². The van der Waals surface area contributed by atoms with Crippen LogP contribution >= 0.6 is 0 Å². The number of aromatic nitrogens is 2. The molecular weight excluding hydrogens is 772 g/mol. The lowest BCUT2D eigenvalue weighted by Gasteiger charge is -2.37. The Morgan fingerprint density at radius 3 is 2.14 bits per heavy atom. The minimum atomic E-state index is -3.68. The molecule has 3 aliphatic heterocycles. The number of anilines is 1. The summed E-state index contributed by atoms with van der Waals surface area (Å²) in [5.41, 5.74) is 1.50. The summed E-state index contributed by atoms with van der Waals surface area (Å²) in [5.74, 6) is -1.12. The predicted octanol–water partition coefficient (Wildman–Crippen LogP) is 5.66. The number of aliphatic hydroxyl groups is 1. The maximum atomic E-state index is 16.9. The molecule has 5 heterocycles. The molecule has 5 atom stereocenters. The van der Waals surface area contributed by atoms with Gasteiger partial charge in [0.15, 0.2) is 17.1 Å². The van der Waals surface area contributed by atoms with Crippen LogP contribution in [0.2, 0.25) is 18.6 Å². The Morgan fingerprint density at radius 1 is 0.864 bits per heavy atom. The molecule has 306 valence electrons. The minimum Gasteiger partial charge on any atom is -0.491 e. The molecule has 0 saturated carbocycles. The summed E-state index contributed by atoms with van der Waals surface area (Å²) in [5, 5.41) is 10.4. The molecule has 14 heteroatoms. The summed E-state index contributed by atoms with van der Waals surface area (Å²) in [4.78, 5) is 59.6. The number of hydrogen-bond donors (Lipinski definition) is 1. The Morgan fingerprint density at radius 2 is 1.51 bits per heavy atom. The molecule has 1 N–H and O–H groups in total. The van der Waals surface area contributed by atoms with E-state index in [0.717, 1.165) is 11.1 Å². The molecule has 3 aromatic carbocycles. The molecule has 5 aromatic rings. The van der Waals surface area contributed by atoms with Crippen LogP contribution in [-0.4, -0.2) is 72.3 Å². The van der Waals surface area contributed by atoms with E-state index in [1.165, 1.54) is 23.4 Å². The number of fused-ring (bicyclic) bond motifs is 3. The highest BCUT2D eigenvalue weighted by Gasteiger charge is 2.67. The van der Waals surface area contributed by atoms with Gasteiger partial charge in [0.1, 0.15) is 0 Å². The molecule has 1 fully saturated rings. The number of pyridine rings is 2. The number of rotatable bonds is 10. The van der Waals surface area contributed by atoms with E-state index in [9.17, 15) is 19.5 Å². The van der Waals surface area contributed by atoms with Crippen LogP contribution in [0.25, 0.3) is 11.4 Å². The SMILES string of the molecule is COc1cccn(-c2cccc(CN3C(=O)[C@@]4(O[C@@H](CC(=O)N5Cc6ccccc6C[C@H]5CO)[C@H]([Si](C)(C)F)[C@H]4C)c4cc(-n5cccc(OC)c5=O)ccc43)c2)c1=O. The monoisotopic (exact) mass is 818 g/mol. The van der Waals surface area contributed by atoms with Crippen molar-refractivity contribution in [3.63, 3.8) is 0 Å². The van der Waals surface area contributed by atoms with Crippen molar-refractivity contribution in [2.24, 2.45) is 5.92 Å². The van der Waals surface area contributed by atoms with Gasteiger partial charge in [-0.1, -0.05) is 43.3 Å². The fourth-order valence-corrected chi connectivity index (χ4v) is 12.0. The molecule has 1 saturated heterocycles. The van der Waals surface area contributed by atoms with Crippen LogP contribution < -0.4 is 25.5 Å². The lowest BCUT2D eigenvalue weighted by atomic mass is 9.82. The van der Waals surface area contributed by atoms with E-state index in [-0.39, 0.29) is 42.5 Å². The van der Waals surface area contributed by atoms with Crippen molar-refractivity contribution in [2.45, 2.75) is 69.2 Å². The Labute approximate surface area is 342 Å². The lowest BCUT2D eigenvalue weighted by molar-refractivity contribution is -0.151. The molecule has 0 unspecified atom stereocenters. The van der Waals surface area contributed by atoms with Gasteiger partial charge in [0, 0.05) is 47.3 Å². The molecule has 0 radical (unpaired) electrons. The van der Waals surface area contributed by atoms with Crippen molar-refractivity contribution in [1.29, 1.82) is 0 Å². The third-order valence-electron chi connectivity index (χ3n) is 12.3. The van der Waals surface area contributed by atoms with Crippen LogP contribution in [0, 0.1) is 5.92 Å². The standard InChI is InChI=1S/C45H47FN4O8Si/c1-28-41(59(4,5)46)39(24-40(52)49-26-31-13-7-6-12-30(31)22-34(49)27-51)58-45(28)35-23-33(48-20-10-16-38(57-3)43(48)54)17-18-36(35)50(44(45)55)25-29-11-8-14-32(21-29)47-19-9-15-37(56-2)42(47)53/h6-21,23,28,34,39,41,51H,22,24-27H2,1-5H3/t28-,34+,39+,41-,45+/m1/s1. The zero-order valence-corrected chi connectivity index (χ0v) is 34.6. The van der Waals surface area contributed by atoms with Crippen molar-refractivity contribution < 1.29 is 33.0 Å². The lowest BCUT2D eigenvalue weighted by Crippen LogP contribution is -2.48. The Hall–Kier alpha value is -5.83. The first kappa shape index (κ1) is 40.0. The van der Waals surface area contributed by atoms with E-state index in [1.807, 2.05) is 43.3 Å². The van der Waals surface area contributed by atoms with Gasteiger partial charge < -0.3 is 33.2 Å². The molecule has 12 nitrogen and oxygen atoms in total. The quantitative estimate of drug-likeness (QED) is 0.141. The average molecular weight is 819 g/mol. The van der Waals surface area contributed by atoms with Gasteiger partial charge in [-0.05, 0) is 90.8 Å². The average Bonchev–Trinajstić information content (AvgIpc) is 3.65. The third-order valence-corrected chi connectivity index (χ3v) is 14.7. The topological polar surface area (TPSA) is 133 Å². The number of carbonyl (C=O) groups is 2. The Balaban J connectivity index is 1.21. The van der Waals surface area contributed by atoms with Crippen LogP contribution in [0.3, 0.4) is 0 Å². The number of benzene rings is 3. The van der Waals surface area contributed by atoms with E-state index in [4.69, 9.17) is 14.2 Å². The van der Waals surface area contributed by atoms with Gasteiger partial charge in [-0.2, -0.15) is 0 Å². The van der Waals surface area contributed by atoms with Crippen LogP contribution in [-0.2, 0) is 39.4 Å². The van der Waals surface area contributed by atoms with Gasteiger partial charge in [-0.3, -0.25) is 28.3 Å². The van der Waals surface area contributed by atoms with Gasteiger partial charge in [0.2, 0.25) is 14.3 Å². The van der Waals surface area contributed by atoms with E-state index in [1.54, 1.807) is 89.9 Å². The normalized spacial score (nSPS) is 22.4. The number of carbonyl (C=O) groups excluding carboxylic acids is 2. The minimum absolute atomic E-state index is 0.0742. The number of hydrogen-bond acceptors (Lipinski definition) is 8. The van der Waals surface area contributed by atoms with Gasteiger partial charge in [-0.25, -0.2) is 0 Å². The summed E-state index contributed by atoms with van der Waals surface area (Å²) in [6.45, 7) is 5.12. The highest BCUT2D eigenvalue weighted by atomic mass is 28.4. The van der Waals surface area contributed by atoms with E-state index >= 15 is 8.90 Å². The molecule has 1 spiro atoms. The zero-order valence-electron chi connectivity index (χ0n) is 33.6. The molecule has 0 bridgehead atoms. The van der Waals surface area contributed by atoms with Crippen molar-refractivity contribution in [3.05, 3.63) is 146 Å². The first-order valence-electron chi connectivity index (χ1n) is 19.7. The smallest absolute Gasteiger partial charge is 0.297 e. The highest BCUT2D eigenvalue weighted by Crippen LogP contribution is 2.60. The predicted molar refractivity (Wildman–Crippen MR) is 223 cm³/mol. The Kier molecular flexibility index (Phi) is 10.4. The summed E-state index contributed by atoms with van der Waals surface area (Å²) in [6.07, 6.45) is 2.57. The fourth-order valence-electron chi connectivity index (χ4n) is 9.53. The van der Waals surface area contributed by atoms with Gasteiger partial charge >= 0.3 is 0 Å². The molecule has 59 heavy (non-hydrogen) atoms. The van der Waals surface area contributed by atoms with E-state index < -0.39 is 49.1 Å². The van der Waals surface area contributed by atoms with Crippen LogP contribution in [0.4, 0.5) is 9.80 Å². The van der Waals surface area contributed by atoms with Crippen LogP contribution in [0.15, 0.2) is 113 Å². The van der Waals surface area contributed by atoms with Crippen molar-refractivity contribution in [2.75, 3.05) is 25.7 Å². The van der Waals surface area contributed by atoms with Gasteiger partial charge in [0.05, 0.1) is 51.6 Å². The maximum Gasteiger partial charge on any atom is 0.297 e. The number of ether oxygens (including phenoxy) is 3. The second-order valence-electron chi connectivity index (χ2n) is 16.1. The fraction of sp³-hybridized carbons (Fsp3) is 0.333. The number of nitrogens with zero attached hydrogens (tertiary/aromatic N) is 4. The number of aliphatic hydroxyl groups excluding tert-OH is 1. The van der Waals surface area contributed by atoms with Crippen molar-refractivity contribution in [3.8, 4) is 22.9 Å². The maximum absolute atomic E-state index is 16.9. The molecule has 8 rings (SSSR count). The molecule has 2 aromatic heterocycles. The molecule has 2 amide bonds. The summed E-state index contributed by atoms with van der Waals surface area (Å²) < 4.78 is 37.3. The first-order valence-corrected chi connectivity index (χ1v) is 22.7. The third kappa shape index (κ3) is 6.78. The molecule has 3 aliphatic rings. The number of halogens is 1. The second-order valence-corrected chi connectivity index (χ2v) is 19.9. The van der Waals surface area contributed by atoms with Gasteiger partial charge in [0.25, 0.3) is 17.0 Å². The largest absolute Gasteiger partial charge is 0.491 e. The zero-order chi connectivity index (χ0) is 41.8. The van der Waals surface area contributed by atoms with E-state index in [2.05, 4.69) is 0 Å². The van der Waals surface area contributed by atoms with Crippen molar-refractivity contribution in [1.82, 2.24) is 14.0 Å². The summed E-state index contributed by atoms with van der Waals surface area (Å²) in [7, 11) is -0.830. The molecular formula is C45H47FN4O8Si. The van der Waals surface area contributed by atoms with Crippen LogP contribution in [0.5, 0.6) is 11.5 Å². The van der Waals surface area contributed by atoms with Crippen LogP contribution in [0.1, 0.15) is 35.6 Å². The molecule has 0 aliphatic carbocycles.